The van der Waals surface area contributed by atoms with Crippen LogP contribution in [-0.4, -0.2) is 61.9 Å². The number of fused-ring (bicyclic) bond motifs is 1. The number of aromatic nitrogens is 5. The molecule has 1 amide bonds. The summed E-state index contributed by atoms with van der Waals surface area (Å²) >= 11 is 0. The highest BCUT2D eigenvalue weighted by Gasteiger charge is 2.48. The second kappa shape index (κ2) is 5.76. The van der Waals surface area contributed by atoms with Crippen LogP contribution in [0.2, 0.25) is 0 Å². The molecule has 132 valence electrons. The van der Waals surface area contributed by atoms with Crippen LogP contribution in [0.1, 0.15) is 23.2 Å². The molecule has 3 aromatic rings. The Morgan fingerprint density at radius 3 is 2.73 bits per heavy atom. The van der Waals surface area contributed by atoms with Crippen molar-refractivity contribution in [3.63, 3.8) is 0 Å². The molecule has 1 spiro atoms. The second-order valence-corrected chi connectivity index (χ2v) is 7.21. The third kappa shape index (κ3) is 2.58. The largest absolute Gasteiger partial charge is 0.354 e. The molecule has 4 heterocycles. The van der Waals surface area contributed by atoms with Crippen LogP contribution in [0.3, 0.4) is 0 Å². The minimum Gasteiger partial charge on any atom is -0.354 e. The molecule has 3 aromatic heterocycles. The summed E-state index contributed by atoms with van der Waals surface area (Å²) in [5.74, 6) is 0.952. The molecule has 2 aliphatic rings. The van der Waals surface area contributed by atoms with Gasteiger partial charge in [-0.3, -0.25) is 4.79 Å². The molecular formula is C18H19N7O. The average Bonchev–Trinajstić information content (AvgIpc) is 3.32. The molecule has 1 N–H and O–H groups in total. The van der Waals surface area contributed by atoms with Gasteiger partial charge in [-0.25, -0.2) is 19.9 Å². The van der Waals surface area contributed by atoms with E-state index in [1.54, 1.807) is 18.7 Å². The lowest BCUT2D eigenvalue weighted by molar-refractivity contribution is 0.0740. The van der Waals surface area contributed by atoms with E-state index in [-0.39, 0.29) is 11.3 Å². The van der Waals surface area contributed by atoms with E-state index in [1.165, 1.54) is 6.33 Å². The van der Waals surface area contributed by atoms with Crippen LogP contribution in [0.5, 0.6) is 0 Å². The Balaban J connectivity index is 1.44. The number of carbonyl (C=O) groups excluding carboxylic acids is 1. The summed E-state index contributed by atoms with van der Waals surface area (Å²) in [4.78, 5) is 37.0. The van der Waals surface area contributed by atoms with Crippen LogP contribution in [0, 0.1) is 5.41 Å². The Bertz CT molecular complexity index is 950. The van der Waals surface area contributed by atoms with Gasteiger partial charge in [-0.05, 0) is 18.9 Å². The number of nitrogens with one attached hydrogen (secondary N) is 1. The van der Waals surface area contributed by atoms with E-state index in [0.29, 0.717) is 12.1 Å². The molecule has 0 unspecified atom stereocenters. The van der Waals surface area contributed by atoms with Gasteiger partial charge in [0.2, 0.25) is 0 Å². The molecule has 8 heteroatoms. The minimum atomic E-state index is 0.00760. The smallest absolute Gasteiger partial charge is 0.257 e. The van der Waals surface area contributed by atoms with Crippen molar-refractivity contribution in [2.75, 3.05) is 31.1 Å². The molecule has 1 saturated carbocycles. The number of aromatic amines is 1. The highest BCUT2D eigenvalue weighted by atomic mass is 16.2. The maximum absolute atomic E-state index is 12.9. The van der Waals surface area contributed by atoms with Crippen LogP contribution in [0.15, 0.2) is 37.3 Å². The molecule has 26 heavy (non-hydrogen) atoms. The number of H-pyrrole nitrogens is 1. The summed E-state index contributed by atoms with van der Waals surface area (Å²) in [5.41, 5.74) is 1.56. The fourth-order valence-electron chi connectivity index (χ4n) is 3.81. The summed E-state index contributed by atoms with van der Waals surface area (Å²) in [6.07, 6.45) is 10.4. The zero-order valence-corrected chi connectivity index (χ0v) is 14.3. The maximum Gasteiger partial charge on any atom is 0.257 e. The van der Waals surface area contributed by atoms with Gasteiger partial charge in [-0.2, -0.15) is 0 Å². The lowest BCUT2D eigenvalue weighted by Crippen LogP contribution is -2.36. The lowest BCUT2D eigenvalue weighted by Gasteiger charge is -2.25. The zero-order valence-electron chi connectivity index (χ0n) is 14.3. The molecule has 0 radical (unpaired) electrons. The van der Waals surface area contributed by atoms with E-state index in [9.17, 15) is 4.79 Å². The van der Waals surface area contributed by atoms with Gasteiger partial charge in [0.1, 0.15) is 24.1 Å². The van der Waals surface area contributed by atoms with Crippen molar-refractivity contribution >= 4 is 22.8 Å². The van der Waals surface area contributed by atoms with Gasteiger partial charge >= 0.3 is 0 Å². The number of hydrogen-bond acceptors (Lipinski definition) is 6. The number of amides is 1. The number of nitrogens with zero attached hydrogens (tertiary/aromatic N) is 6. The van der Waals surface area contributed by atoms with E-state index in [0.717, 1.165) is 49.3 Å². The normalized spacial score (nSPS) is 18.9. The van der Waals surface area contributed by atoms with Crippen molar-refractivity contribution < 1.29 is 4.79 Å². The molecule has 1 saturated heterocycles. The second-order valence-electron chi connectivity index (χ2n) is 7.21. The predicted octanol–water partition coefficient (Wildman–Crippen LogP) is 1.49. The average molecular weight is 349 g/mol. The maximum atomic E-state index is 12.9. The Morgan fingerprint density at radius 2 is 1.92 bits per heavy atom. The van der Waals surface area contributed by atoms with Crippen molar-refractivity contribution in [1.29, 1.82) is 0 Å². The highest BCUT2D eigenvalue weighted by molar-refractivity contribution is 5.94. The van der Waals surface area contributed by atoms with Gasteiger partial charge in [-0.1, -0.05) is 0 Å². The molecule has 5 rings (SSSR count). The Hall–Kier alpha value is -3.03. The lowest BCUT2D eigenvalue weighted by atomic mass is 10.1. The number of carbonyl (C=O) groups is 1. The third-order valence-corrected chi connectivity index (χ3v) is 5.38. The topological polar surface area (TPSA) is 90.9 Å². The summed E-state index contributed by atoms with van der Waals surface area (Å²) in [5, 5.41) is 1.03. The summed E-state index contributed by atoms with van der Waals surface area (Å²) in [6.45, 7) is 3.10. The van der Waals surface area contributed by atoms with Gasteiger partial charge in [0.25, 0.3) is 5.91 Å². The molecule has 0 atom stereocenters. The molecular weight excluding hydrogens is 330 g/mol. The Kier molecular flexibility index (Phi) is 3.37. The van der Waals surface area contributed by atoms with Crippen molar-refractivity contribution in [1.82, 2.24) is 29.8 Å². The first-order valence-electron chi connectivity index (χ1n) is 8.81. The quantitative estimate of drug-likeness (QED) is 0.754. The van der Waals surface area contributed by atoms with Crippen molar-refractivity contribution in [2.45, 2.75) is 12.8 Å². The van der Waals surface area contributed by atoms with Crippen LogP contribution >= 0.6 is 0 Å². The fraction of sp³-hybridized carbons (Fsp3) is 0.389. The van der Waals surface area contributed by atoms with Crippen LogP contribution in [-0.2, 0) is 0 Å². The van der Waals surface area contributed by atoms with Gasteiger partial charge in [0.15, 0.2) is 0 Å². The Labute approximate surface area is 150 Å². The molecule has 0 bridgehead atoms. The van der Waals surface area contributed by atoms with Crippen molar-refractivity contribution in [3.05, 3.63) is 42.9 Å². The van der Waals surface area contributed by atoms with Crippen LogP contribution in [0.25, 0.3) is 11.0 Å². The van der Waals surface area contributed by atoms with Gasteiger partial charge in [-0.15, -0.1) is 0 Å². The van der Waals surface area contributed by atoms with Crippen molar-refractivity contribution in [2.24, 2.45) is 5.41 Å². The first-order chi connectivity index (χ1) is 12.7. The van der Waals surface area contributed by atoms with Crippen molar-refractivity contribution in [3.8, 4) is 0 Å². The van der Waals surface area contributed by atoms with Crippen LogP contribution < -0.4 is 4.90 Å². The standard InChI is InChI=1S/C18H19N7O/c26-17(13-7-19-11-20-8-13)25-6-5-24(9-18(10-25)2-3-18)16-14-1-4-21-15(14)22-12-23-16/h1,4,7-8,11-12H,2-3,5-6,9-10H2,(H,21,22,23). The molecule has 2 fully saturated rings. The summed E-state index contributed by atoms with van der Waals surface area (Å²) in [7, 11) is 0. The molecule has 1 aliphatic carbocycles. The van der Waals surface area contributed by atoms with E-state index >= 15 is 0 Å². The Morgan fingerprint density at radius 1 is 1.08 bits per heavy atom. The number of rotatable bonds is 2. The van der Waals surface area contributed by atoms with E-state index < -0.39 is 0 Å². The van der Waals surface area contributed by atoms with E-state index in [1.807, 2.05) is 17.2 Å². The zero-order chi connectivity index (χ0) is 17.6. The van der Waals surface area contributed by atoms with Gasteiger partial charge < -0.3 is 14.8 Å². The fourth-order valence-corrected chi connectivity index (χ4v) is 3.81. The predicted molar refractivity (Wildman–Crippen MR) is 95.7 cm³/mol. The third-order valence-electron chi connectivity index (χ3n) is 5.38. The van der Waals surface area contributed by atoms with E-state index in [4.69, 9.17) is 0 Å². The SMILES string of the molecule is O=C(c1cncnc1)N1CCN(c2ncnc3[nH]ccc23)CC2(CC2)C1. The molecule has 8 nitrogen and oxygen atoms in total. The van der Waals surface area contributed by atoms with Gasteiger partial charge in [0, 0.05) is 50.2 Å². The highest BCUT2D eigenvalue weighted by Crippen LogP contribution is 2.48. The van der Waals surface area contributed by atoms with Crippen LogP contribution in [0.4, 0.5) is 5.82 Å². The number of hydrogen-bond donors (Lipinski definition) is 1. The number of anilines is 1. The first kappa shape index (κ1) is 15.2. The monoisotopic (exact) mass is 349 g/mol. The van der Waals surface area contributed by atoms with Gasteiger partial charge in [0.05, 0.1) is 10.9 Å². The summed E-state index contributed by atoms with van der Waals surface area (Å²) in [6, 6.07) is 2.01. The summed E-state index contributed by atoms with van der Waals surface area (Å²) < 4.78 is 0. The van der Waals surface area contributed by atoms with E-state index in [2.05, 4.69) is 29.8 Å². The molecule has 0 aromatic carbocycles. The molecule has 1 aliphatic heterocycles. The first-order valence-corrected chi connectivity index (χ1v) is 8.81. The minimum absolute atomic E-state index is 0.00760.